The SMILES string of the molecule is COc1cccc(/C=N\Nc2ccc([N+](=O)[O-])cc2[N+](=O)[O-])c1OCc1cccc2ccccc12. The van der Waals surface area contributed by atoms with Crippen molar-refractivity contribution < 1.29 is 19.3 Å². The lowest BCUT2D eigenvalue weighted by atomic mass is 10.1. The van der Waals surface area contributed by atoms with E-state index in [-0.39, 0.29) is 18.0 Å². The molecule has 0 amide bonds. The highest BCUT2D eigenvalue weighted by atomic mass is 16.6. The third-order valence-electron chi connectivity index (χ3n) is 5.26. The maximum atomic E-state index is 11.3. The summed E-state index contributed by atoms with van der Waals surface area (Å²) >= 11 is 0. The minimum Gasteiger partial charge on any atom is -0.493 e. The van der Waals surface area contributed by atoms with E-state index < -0.39 is 15.5 Å². The van der Waals surface area contributed by atoms with Gasteiger partial charge in [0.1, 0.15) is 12.3 Å². The second-order valence-electron chi connectivity index (χ2n) is 7.39. The first-order chi connectivity index (χ1) is 17.0. The van der Waals surface area contributed by atoms with Gasteiger partial charge in [0, 0.05) is 11.6 Å². The number of ether oxygens (including phenoxy) is 2. The predicted octanol–water partition coefficient (Wildman–Crippen LogP) is 5.69. The molecule has 0 radical (unpaired) electrons. The third kappa shape index (κ3) is 5.17. The van der Waals surface area contributed by atoms with Gasteiger partial charge >= 0.3 is 5.69 Å². The van der Waals surface area contributed by atoms with Crippen molar-refractivity contribution in [2.45, 2.75) is 6.61 Å². The van der Waals surface area contributed by atoms with Gasteiger partial charge in [0.2, 0.25) is 0 Å². The van der Waals surface area contributed by atoms with Gasteiger partial charge in [-0.1, -0.05) is 48.5 Å². The van der Waals surface area contributed by atoms with Crippen molar-refractivity contribution in [3.8, 4) is 11.5 Å². The topological polar surface area (TPSA) is 129 Å². The molecule has 4 aromatic carbocycles. The van der Waals surface area contributed by atoms with Crippen molar-refractivity contribution in [2.24, 2.45) is 5.10 Å². The summed E-state index contributed by atoms with van der Waals surface area (Å²) in [6.07, 6.45) is 1.44. The summed E-state index contributed by atoms with van der Waals surface area (Å²) in [7, 11) is 1.53. The lowest BCUT2D eigenvalue weighted by molar-refractivity contribution is -0.393. The number of hydrogen-bond acceptors (Lipinski definition) is 8. The fraction of sp³-hybridized carbons (Fsp3) is 0.0800. The zero-order chi connectivity index (χ0) is 24.8. The third-order valence-corrected chi connectivity index (χ3v) is 5.26. The normalized spacial score (nSPS) is 10.9. The molecule has 0 aromatic heterocycles. The van der Waals surface area contributed by atoms with Gasteiger partial charge in [0.15, 0.2) is 11.5 Å². The molecular weight excluding hydrogens is 452 g/mol. The van der Waals surface area contributed by atoms with E-state index in [1.54, 1.807) is 18.2 Å². The van der Waals surface area contributed by atoms with Gasteiger partial charge in [-0.15, -0.1) is 0 Å². The Morgan fingerprint density at radius 1 is 0.943 bits per heavy atom. The van der Waals surface area contributed by atoms with Crippen molar-refractivity contribution >= 4 is 34.0 Å². The summed E-state index contributed by atoms with van der Waals surface area (Å²) in [6, 6.07) is 22.5. The number of methoxy groups -OCH3 is 1. The zero-order valence-electron chi connectivity index (χ0n) is 18.6. The van der Waals surface area contributed by atoms with Crippen LogP contribution in [0, 0.1) is 20.2 Å². The molecule has 176 valence electrons. The molecule has 0 atom stereocenters. The number of nitro benzene ring substituents is 2. The Morgan fingerprint density at radius 2 is 1.71 bits per heavy atom. The lowest BCUT2D eigenvalue weighted by Crippen LogP contribution is -2.02. The van der Waals surface area contributed by atoms with E-state index >= 15 is 0 Å². The molecule has 0 aliphatic heterocycles. The molecule has 0 saturated carbocycles. The number of para-hydroxylation sites is 1. The number of hydrogen-bond donors (Lipinski definition) is 1. The van der Waals surface area contributed by atoms with E-state index in [2.05, 4.69) is 10.5 Å². The van der Waals surface area contributed by atoms with E-state index in [4.69, 9.17) is 9.47 Å². The number of nitrogens with one attached hydrogen (secondary N) is 1. The first-order valence-corrected chi connectivity index (χ1v) is 10.5. The average molecular weight is 472 g/mol. The molecule has 0 aliphatic carbocycles. The van der Waals surface area contributed by atoms with Gasteiger partial charge in [-0.25, -0.2) is 0 Å². The highest BCUT2D eigenvalue weighted by Crippen LogP contribution is 2.32. The van der Waals surface area contributed by atoms with Crippen LogP contribution in [-0.2, 0) is 6.61 Å². The fourth-order valence-corrected chi connectivity index (χ4v) is 3.57. The molecule has 4 rings (SSSR count). The molecule has 0 heterocycles. The first kappa shape index (κ1) is 23.2. The summed E-state index contributed by atoms with van der Waals surface area (Å²) in [5.41, 5.74) is 3.31. The number of nitro groups is 2. The van der Waals surface area contributed by atoms with E-state index in [1.807, 2.05) is 42.5 Å². The highest BCUT2D eigenvalue weighted by Gasteiger charge is 2.19. The van der Waals surface area contributed by atoms with Gasteiger partial charge in [-0.3, -0.25) is 25.7 Å². The lowest BCUT2D eigenvalue weighted by Gasteiger charge is -2.14. The summed E-state index contributed by atoms with van der Waals surface area (Å²) in [6.45, 7) is 0.282. The molecule has 0 saturated heterocycles. The van der Waals surface area contributed by atoms with Crippen molar-refractivity contribution in [2.75, 3.05) is 12.5 Å². The van der Waals surface area contributed by atoms with E-state index in [9.17, 15) is 20.2 Å². The maximum Gasteiger partial charge on any atom is 0.301 e. The molecule has 35 heavy (non-hydrogen) atoms. The molecular formula is C25H20N4O6. The van der Waals surface area contributed by atoms with Crippen LogP contribution in [0.5, 0.6) is 11.5 Å². The number of non-ortho nitro benzene ring substituents is 1. The van der Waals surface area contributed by atoms with Crippen LogP contribution >= 0.6 is 0 Å². The zero-order valence-corrected chi connectivity index (χ0v) is 18.6. The van der Waals surface area contributed by atoms with E-state index in [1.165, 1.54) is 19.4 Å². The largest absolute Gasteiger partial charge is 0.493 e. The van der Waals surface area contributed by atoms with Gasteiger partial charge in [-0.2, -0.15) is 5.10 Å². The number of anilines is 1. The summed E-state index contributed by atoms with van der Waals surface area (Å²) in [4.78, 5) is 20.9. The van der Waals surface area contributed by atoms with Crippen LogP contribution in [0.4, 0.5) is 17.1 Å². The molecule has 4 aromatic rings. The number of nitrogens with zero attached hydrogens (tertiary/aromatic N) is 3. The monoisotopic (exact) mass is 472 g/mol. The van der Waals surface area contributed by atoms with E-state index in [0.29, 0.717) is 17.1 Å². The van der Waals surface area contributed by atoms with E-state index in [0.717, 1.165) is 28.5 Å². The average Bonchev–Trinajstić information content (AvgIpc) is 2.87. The Bertz CT molecular complexity index is 1430. The first-order valence-electron chi connectivity index (χ1n) is 10.5. The highest BCUT2D eigenvalue weighted by molar-refractivity contribution is 5.87. The van der Waals surface area contributed by atoms with Crippen LogP contribution in [0.1, 0.15) is 11.1 Å². The van der Waals surface area contributed by atoms with Crippen LogP contribution in [0.15, 0.2) is 84.0 Å². The maximum absolute atomic E-state index is 11.3. The smallest absolute Gasteiger partial charge is 0.301 e. The van der Waals surface area contributed by atoms with Crippen molar-refractivity contribution in [3.63, 3.8) is 0 Å². The molecule has 0 bridgehead atoms. The molecule has 1 N–H and O–H groups in total. The van der Waals surface area contributed by atoms with Gasteiger partial charge in [0.25, 0.3) is 5.69 Å². The van der Waals surface area contributed by atoms with Crippen LogP contribution in [-0.4, -0.2) is 23.2 Å². The second-order valence-corrected chi connectivity index (χ2v) is 7.39. The minimum absolute atomic E-state index is 0.0120. The predicted molar refractivity (Wildman–Crippen MR) is 132 cm³/mol. The molecule has 0 aliphatic rings. The van der Waals surface area contributed by atoms with Gasteiger partial charge in [0.05, 0.1) is 29.2 Å². The Morgan fingerprint density at radius 3 is 2.49 bits per heavy atom. The second kappa shape index (κ2) is 10.3. The Labute approximate surface area is 199 Å². The Hall–Kier alpha value is -4.99. The molecule has 10 heteroatoms. The number of hydrazone groups is 1. The Balaban J connectivity index is 1.58. The summed E-state index contributed by atoms with van der Waals surface area (Å²) in [5.74, 6) is 0.946. The minimum atomic E-state index is -0.713. The molecule has 0 spiro atoms. The molecule has 0 unspecified atom stereocenters. The van der Waals surface area contributed by atoms with Crippen molar-refractivity contribution in [1.82, 2.24) is 0 Å². The van der Waals surface area contributed by atoms with Gasteiger partial charge in [-0.05, 0) is 34.5 Å². The van der Waals surface area contributed by atoms with Crippen LogP contribution in [0.2, 0.25) is 0 Å². The summed E-state index contributed by atoms with van der Waals surface area (Å²) < 4.78 is 11.6. The quantitative estimate of drug-likeness (QED) is 0.188. The summed E-state index contributed by atoms with van der Waals surface area (Å²) in [5, 5.41) is 28.5. The number of rotatable bonds is 9. The van der Waals surface area contributed by atoms with Gasteiger partial charge < -0.3 is 9.47 Å². The number of benzene rings is 4. The standard InChI is InChI=1S/C25H20N4O6/c1-34-24-11-5-8-18(15-26-27-22-13-12-20(28(30)31)14-23(22)29(32)33)25(24)35-16-19-9-4-7-17-6-2-3-10-21(17)19/h2-15,27H,16H2,1H3/b26-15-. The molecule has 0 fully saturated rings. The molecule has 10 nitrogen and oxygen atoms in total. The van der Waals surface area contributed by atoms with Crippen LogP contribution < -0.4 is 14.9 Å². The van der Waals surface area contributed by atoms with Crippen LogP contribution in [0.25, 0.3) is 10.8 Å². The fourth-order valence-electron chi connectivity index (χ4n) is 3.57. The van der Waals surface area contributed by atoms with Crippen LogP contribution in [0.3, 0.4) is 0 Å². The Kier molecular flexibility index (Phi) is 6.82. The van der Waals surface area contributed by atoms with Crippen molar-refractivity contribution in [3.05, 3.63) is 110 Å². The van der Waals surface area contributed by atoms with Crippen molar-refractivity contribution in [1.29, 1.82) is 0 Å². The number of fused-ring (bicyclic) bond motifs is 1.